The van der Waals surface area contributed by atoms with Crippen LogP contribution in [0.2, 0.25) is 0 Å². The SMILES string of the molecule is NCC1CCCN1CCC1CCCCC1. The average molecular weight is 210 g/mol. The van der Waals surface area contributed by atoms with E-state index in [0.29, 0.717) is 6.04 Å². The van der Waals surface area contributed by atoms with Crippen LogP contribution in [-0.2, 0) is 0 Å². The molecule has 1 aliphatic heterocycles. The maximum Gasteiger partial charge on any atom is 0.0218 e. The summed E-state index contributed by atoms with van der Waals surface area (Å²) in [5.41, 5.74) is 5.79. The fourth-order valence-corrected chi connectivity index (χ4v) is 3.28. The van der Waals surface area contributed by atoms with Crippen molar-refractivity contribution in [3.8, 4) is 0 Å². The van der Waals surface area contributed by atoms with Gasteiger partial charge >= 0.3 is 0 Å². The largest absolute Gasteiger partial charge is 0.329 e. The first kappa shape index (κ1) is 11.4. The molecule has 15 heavy (non-hydrogen) atoms. The first-order valence-corrected chi connectivity index (χ1v) is 6.84. The van der Waals surface area contributed by atoms with Crippen LogP contribution in [0.1, 0.15) is 51.4 Å². The number of likely N-dealkylation sites (tertiary alicyclic amines) is 1. The van der Waals surface area contributed by atoms with Gasteiger partial charge in [-0.2, -0.15) is 0 Å². The van der Waals surface area contributed by atoms with E-state index in [1.54, 1.807) is 0 Å². The van der Waals surface area contributed by atoms with E-state index in [2.05, 4.69) is 4.90 Å². The van der Waals surface area contributed by atoms with E-state index < -0.39 is 0 Å². The lowest BCUT2D eigenvalue weighted by Crippen LogP contribution is -2.36. The van der Waals surface area contributed by atoms with E-state index in [1.807, 2.05) is 0 Å². The molecule has 0 bridgehead atoms. The van der Waals surface area contributed by atoms with Gasteiger partial charge in [0.1, 0.15) is 0 Å². The molecule has 0 radical (unpaired) electrons. The van der Waals surface area contributed by atoms with Gasteiger partial charge in [-0.3, -0.25) is 4.90 Å². The molecular weight excluding hydrogens is 184 g/mol. The summed E-state index contributed by atoms with van der Waals surface area (Å²) >= 11 is 0. The van der Waals surface area contributed by atoms with E-state index >= 15 is 0 Å². The molecule has 0 aromatic carbocycles. The van der Waals surface area contributed by atoms with Crippen LogP contribution in [0.15, 0.2) is 0 Å². The second-order valence-electron chi connectivity index (χ2n) is 5.36. The van der Waals surface area contributed by atoms with Gasteiger partial charge in [0, 0.05) is 12.6 Å². The summed E-state index contributed by atoms with van der Waals surface area (Å²) in [6.45, 7) is 3.48. The molecule has 2 fully saturated rings. The van der Waals surface area contributed by atoms with Crippen LogP contribution in [0, 0.1) is 5.92 Å². The normalized spacial score (nSPS) is 29.8. The molecule has 0 aromatic heterocycles. The minimum absolute atomic E-state index is 0.702. The summed E-state index contributed by atoms with van der Waals surface area (Å²) in [6, 6.07) is 0.702. The highest BCUT2D eigenvalue weighted by Gasteiger charge is 2.23. The van der Waals surface area contributed by atoms with Gasteiger partial charge in [-0.25, -0.2) is 0 Å². The standard InChI is InChI=1S/C13H26N2/c14-11-13-7-4-9-15(13)10-8-12-5-2-1-3-6-12/h12-13H,1-11,14H2. The molecule has 88 valence electrons. The molecule has 2 rings (SSSR count). The van der Waals surface area contributed by atoms with Crippen molar-refractivity contribution >= 4 is 0 Å². The molecule has 1 saturated heterocycles. The molecule has 2 aliphatic rings. The average Bonchev–Trinajstić information content (AvgIpc) is 2.75. The monoisotopic (exact) mass is 210 g/mol. The van der Waals surface area contributed by atoms with Crippen molar-refractivity contribution in [2.75, 3.05) is 19.6 Å². The first-order valence-electron chi connectivity index (χ1n) is 6.84. The third kappa shape index (κ3) is 3.18. The quantitative estimate of drug-likeness (QED) is 0.772. The molecular formula is C13H26N2. The Labute approximate surface area is 94.2 Å². The fraction of sp³-hybridized carbons (Fsp3) is 1.00. The molecule has 0 amide bonds. The zero-order valence-corrected chi connectivity index (χ0v) is 9.96. The lowest BCUT2D eigenvalue weighted by molar-refractivity contribution is 0.221. The Bertz CT molecular complexity index is 175. The predicted molar refractivity (Wildman–Crippen MR) is 64.8 cm³/mol. The van der Waals surface area contributed by atoms with Crippen LogP contribution >= 0.6 is 0 Å². The van der Waals surface area contributed by atoms with E-state index in [1.165, 1.54) is 64.5 Å². The Hall–Kier alpha value is -0.0800. The molecule has 0 aromatic rings. The highest BCUT2D eigenvalue weighted by atomic mass is 15.2. The lowest BCUT2D eigenvalue weighted by atomic mass is 9.87. The second-order valence-corrected chi connectivity index (χ2v) is 5.36. The van der Waals surface area contributed by atoms with Crippen molar-refractivity contribution in [1.82, 2.24) is 4.90 Å². The van der Waals surface area contributed by atoms with Gasteiger partial charge in [0.05, 0.1) is 0 Å². The molecule has 1 aliphatic carbocycles. The van der Waals surface area contributed by atoms with E-state index in [-0.39, 0.29) is 0 Å². The number of rotatable bonds is 4. The topological polar surface area (TPSA) is 29.3 Å². The Morgan fingerprint density at radius 3 is 2.53 bits per heavy atom. The Morgan fingerprint density at radius 1 is 1.00 bits per heavy atom. The van der Waals surface area contributed by atoms with Crippen LogP contribution in [0.5, 0.6) is 0 Å². The third-order valence-corrected chi connectivity index (χ3v) is 4.32. The Balaban J connectivity index is 1.67. The van der Waals surface area contributed by atoms with Crippen molar-refractivity contribution in [2.45, 2.75) is 57.4 Å². The predicted octanol–water partition coefficient (Wildman–Crippen LogP) is 2.38. The Morgan fingerprint density at radius 2 is 1.80 bits per heavy atom. The fourth-order valence-electron chi connectivity index (χ4n) is 3.28. The summed E-state index contributed by atoms with van der Waals surface area (Å²) < 4.78 is 0. The smallest absolute Gasteiger partial charge is 0.0218 e. The van der Waals surface area contributed by atoms with Crippen molar-refractivity contribution in [3.05, 3.63) is 0 Å². The highest BCUT2D eigenvalue weighted by Crippen LogP contribution is 2.27. The minimum atomic E-state index is 0.702. The van der Waals surface area contributed by atoms with Crippen LogP contribution in [0.4, 0.5) is 0 Å². The third-order valence-electron chi connectivity index (χ3n) is 4.32. The Kier molecular flexibility index (Phi) is 4.45. The van der Waals surface area contributed by atoms with E-state index in [9.17, 15) is 0 Å². The zero-order chi connectivity index (χ0) is 10.5. The van der Waals surface area contributed by atoms with Crippen molar-refractivity contribution in [2.24, 2.45) is 11.7 Å². The molecule has 1 heterocycles. The van der Waals surface area contributed by atoms with Gasteiger partial charge in [0.25, 0.3) is 0 Å². The molecule has 2 heteroatoms. The van der Waals surface area contributed by atoms with Gasteiger partial charge < -0.3 is 5.73 Å². The van der Waals surface area contributed by atoms with Gasteiger partial charge in [-0.1, -0.05) is 32.1 Å². The second kappa shape index (κ2) is 5.86. The van der Waals surface area contributed by atoms with Gasteiger partial charge in [0.2, 0.25) is 0 Å². The van der Waals surface area contributed by atoms with Gasteiger partial charge in [-0.15, -0.1) is 0 Å². The molecule has 2 nitrogen and oxygen atoms in total. The summed E-state index contributed by atoms with van der Waals surface area (Å²) in [7, 11) is 0. The molecule has 1 saturated carbocycles. The molecule has 1 atom stereocenters. The van der Waals surface area contributed by atoms with E-state index in [0.717, 1.165) is 12.5 Å². The zero-order valence-electron chi connectivity index (χ0n) is 9.96. The highest BCUT2D eigenvalue weighted by molar-refractivity contribution is 4.80. The lowest BCUT2D eigenvalue weighted by Gasteiger charge is -2.27. The van der Waals surface area contributed by atoms with Crippen molar-refractivity contribution in [3.63, 3.8) is 0 Å². The van der Waals surface area contributed by atoms with Crippen LogP contribution in [-0.4, -0.2) is 30.6 Å². The van der Waals surface area contributed by atoms with Crippen LogP contribution < -0.4 is 5.73 Å². The number of nitrogens with zero attached hydrogens (tertiary/aromatic N) is 1. The summed E-state index contributed by atoms with van der Waals surface area (Å²) in [5, 5.41) is 0. The van der Waals surface area contributed by atoms with Crippen molar-refractivity contribution < 1.29 is 0 Å². The van der Waals surface area contributed by atoms with Gasteiger partial charge in [0.15, 0.2) is 0 Å². The molecule has 1 unspecified atom stereocenters. The maximum absolute atomic E-state index is 5.79. The summed E-state index contributed by atoms with van der Waals surface area (Å²) in [4.78, 5) is 2.63. The molecule has 0 spiro atoms. The number of nitrogens with two attached hydrogens (primary N) is 1. The molecule has 2 N–H and O–H groups in total. The minimum Gasteiger partial charge on any atom is -0.329 e. The van der Waals surface area contributed by atoms with Crippen LogP contribution in [0.3, 0.4) is 0 Å². The van der Waals surface area contributed by atoms with Gasteiger partial charge in [-0.05, 0) is 38.3 Å². The summed E-state index contributed by atoms with van der Waals surface area (Å²) in [5.74, 6) is 1.03. The number of hydrogen-bond donors (Lipinski definition) is 1. The van der Waals surface area contributed by atoms with Crippen LogP contribution in [0.25, 0.3) is 0 Å². The maximum atomic E-state index is 5.79. The van der Waals surface area contributed by atoms with E-state index in [4.69, 9.17) is 5.73 Å². The first-order chi connectivity index (χ1) is 7.40. The summed E-state index contributed by atoms with van der Waals surface area (Å²) in [6.07, 6.45) is 11.5. The van der Waals surface area contributed by atoms with Crippen molar-refractivity contribution in [1.29, 1.82) is 0 Å². The number of hydrogen-bond acceptors (Lipinski definition) is 2.